The van der Waals surface area contributed by atoms with Crippen LogP contribution in [0.25, 0.3) is 0 Å². The Balaban J connectivity index is 2.31. The van der Waals surface area contributed by atoms with Gasteiger partial charge in [0.1, 0.15) is 0 Å². The van der Waals surface area contributed by atoms with E-state index in [0.29, 0.717) is 0 Å². The molecule has 0 amide bonds. The van der Waals surface area contributed by atoms with E-state index in [4.69, 9.17) is 0 Å². The third-order valence-electron chi connectivity index (χ3n) is 2.71. The first-order chi connectivity index (χ1) is 5.86. The van der Waals surface area contributed by atoms with Crippen molar-refractivity contribution in [3.05, 3.63) is 34.9 Å². The van der Waals surface area contributed by atoms with E-state index in [0.717, 1.165) is 0 Å². The van der Waals surface area contributed by atoms with Crippen LogP contribution in [0.2, 0.25) is 0 Å². The molecule has 0 fully saturated rings. The molecule has 0 unspecified atom stereocenters. The zero-order chi connectivity index (χ0) is 8.39. The van der Waals surface area contributed by atoms with Crippen molar-refractivity contribution in [1.29, 1.82) is 0 Å². The molecule has 0 saturated heterocycles. The molecule has 0 saturated carbocycles. The molecule has 0 aliphatic heterocycles. The summed E-state index contributed by atoms with van der Waals surface area (Å²) in [4.78, 5) is 0. The average Bonchev–Trinajstić information content (AvgIpc) is 2.25. The predicted octanol–water partition coefficient (Wildman–Crippen LogP) is 3.76. The molecule has 0 aromatic heterocycles. The smallest absolute Gasteiger partial charge is 0.0268 e. The first-order valence-corrected chi connectivity index (χ1v) is 4.93. The molecule has 0 heteroatoms. The zero-order valence-electron chi connectivity index (χ0n) is 7.77. The van der Waals surface area contributed by atoms with Crippen LogP contribution < -0.4 is 0 Å². The van der Waals surface area contributed by atoms with Crippen molar-refractivity contribution >= 4 is 0 Å². The molecule has 2 aliphatic carbocycles. The van der Waals surface area contributed by atoms with E-state index in [1.165, 1.54) is 37.7 Å². The molecule has 0 atom stereocenters. The van der Waals surface area contributed by atoms with Crippen LogP contribution in [0.4, 0.5) is 0 Å². The fourth-order valence-electron chi connectivity index (χ4n) is 2.04. The molecule has 0 spiro atoms. The number of rotatable bonds is 0. The van der Waals surface area contributed by atoms with E-state index >= 15 is 0 Å². The Kier molecular flexibility index (Phi) is 2.16. The highest BCUT2D eigenvalue weighted by atomic mass is 14.2. The van der Waals surface area contributed by atoms with Crippen LogP contribution in [0, 0.1) is 0 Å². The molecule has 0 aromatic rings. The van der Waals surface area contributed by atoms with Gasteiger partial charge < -0.3 is 0 Å². The second-order valence-electron chi connectivity index (χ2n) is 3.81. The summed E-state index contributed by atoms with van der Waals surface area (Å²) in [6, 6.07) is 0. The van der Waals surface area contributed by atoms with Gasteiger partial charge in [0.25, 0.3) is 0 Å². The minimum absolute atomic E-state index is 1.24. The maximum Gasteiger partial charge on any atom is -0.0268 e. The molecule has 0 aromatic carbocycles. The van der Waals surface area contributed by atoms with Crippen molar-refractivity contribution in [3.8, 4) is 0 Å². The lowest BCUT2D eigenvalue weighted by atomic mass is 9.95. The van der Waals surface area contributed by atoms with Crippen LogP contribution in [-0.4, -0.2) is 0 Å². The largest absolute Gasteiger partial charge is 0.0804 e. The van der Waals surface area contributed by atoms with Gasteiger partial charge in [-0.15, -0.1) is 0 Å². The van der Waals surface area contributed by atoms with Crippen LogP contribution in [0.3, 0.4) is 0 Å². The Bertz CT molecular complexity index is 264. The van der Waals surface area contributed by atoms with Gasteiger partial charge in [-0.1, -0.05) is 23.8 Å². The molecule has 0 radical (unpaired) electrons. The van der Waals surface area contributed by atoms with Crippen LogP contribution in [0.5, 0.6) is 0 Å². The lowest BCUT2D eigenvalue weighted by Gasteiger charge is -2.10. The SMILES string of the molecule is CC1=CC2=CCCC=C2CCC1. The highest BCUT2D eigenvalue weighted by Crippen LogP contribution is 2.29. The fraction of sp³-hybridized carbons (Fsp3) is 0.500. The lowest BCUT2D eigenvalue weighted by Crippen LogP contribution is -1.91. The van der Waals surface area contributed by atoms with Gasteiger partial charge in [0.05, 0.1) is 0 Å². The van der Waals surface area contributed by atoms with E-state index in [1.807, 2.05) is 0 Å². The summed E-state index contributed by atoms with van der Waals surface area (Å²) >= 11 is 0. The van der Waals surface area contributed by atoms with E-state index in [1.54, 1.807) is 11.1 Å². The van der Waals surface area contributed by atoms with Gasteiger partial charge in [0.2, 0.25) is 0 Å². The molecule has 0 nitrogen and oxygen atoms in total. The Morgan fingerprint density at radius 3 is 2.83 bits per heavy atom. The Morgan fingerprint density at radius 2 is 1.92 bits per heavy atom. The lowest BCUT2D eigenvalue weighted by molar-refractivity contribution is 0.815. The number of hydrogen-bond acceptors (Lipinski definition) is 0. The topological polar surface area (TPSA) is 0 Å². The zero-order valence-corrected chi connectivity index (χ0v) is 7.77. The molecule has 64 valence electrons. The molecular formula is C12H16. The minimum Gasteiger partial charge on any atom is -0.0804 e. The van der Waals surface area contributed by atoms with Gasteiger partial charge >= 0.3 is 0 Å². The van der Waals surface area contributed by atoms with Crippen molar-refractivity contribution in [2.24, 2.45) is 0 Å². The fourth-order valence-corrected chi connectivity index (χ4v) is 2.04. The first-order valence-electron chi connectivity index (χ1n) is 4.93. The van der Waals surface area contributed by atoms with Crippen LogP contribution in [-0.2, 0) is 0 Å². The standard InChI is InChI=1S/C12H16/c1-10-5-4-8-11-6-2-3-7-12(11)9-10/h6-7,9H,2-5,8H2,1H3. The molecule has 0 heterocycles. The summed E-state index contributed by atoms with van der Waals surface area (Å²) in [7, 11) is 0. The summed E-state index contributed by atoms with van der Waals surface area (Å²) in [5.41, 5.74) is 4.65. The minimum atomic E-state index is 1.24. The maximum atomic E-state index is 2.42. The van der Waals surface area contributed by atoms with Gasteiger partial charge in [-0.05, 0) is 50.2 Å². The van der Waals surface area contributed by atoms with E-state index < -0.39 is 0 Å². The summed E-state index contributed by atoms with van der Waals surface area (Å²) in [5, 5.41) is 0. The molecule has 0 bridgehead atoms. The Hall–Kier alpha value is -0.780. The van der Waals surface area contributed by atoms with Crippen molar-refractivity contribution in [2.75, 3.05) is 0 Å². The van der Waals surface area contributed by atoms with Crippen molar-refractivity contribution < 1.29 is 0 Å². The third-order valence-corrected chi connectivity index (χ3v) is 2.71. The van der Waals surface area contributed by atoms with Gasteiger partial charge in [0, 0.05) is 0 Å². The quantitative estimate of drug-likeness (QED) is 0.506. The summed E-state index contributed by atoms with van der Waals surface area (Å²) in [6.45, 7) is 2.25. The predicted molar refractivity (Wildman–Crippen MR) is 53.0 cm³/mol. The van der Waals surface area contributed by atoms with Gasteiger partial charge in [0.15, 0.2) is 0 Å². The van der Waals surface area contributed by atoms with E-state index in [2.05, 4.69) is 25.2 Å². The average molecular weight is 160 g/mol. The number of fused-ring (bicyclic) bond motifs is 1. The summed E-state index contributed by atoms with van der Waals surface area (Å²) in [5.74, 6) is 0. The first kappa shape index (κ1) is 7.85. The monoisotopic (exact) mass is 160 g/mol. The van der Waals surface area contributed by atoms with Crippen molar-refractivity contribution in [1.82, 2.24) is 0 Å². The molecule has 0 N–H and O–H groups in total. The summed E-state index contributed by atoms with van der Waals surface area (Å²) in [6.07, 6.45) is 13.6. The van der Waals surface area contributed by atoms with Crippen molar-refractivity contribution in [3.63, 3.8) is 0 Å². The summed E-state index contributed by atoms with van der Waals surface area (Å²) < 4.78 is 0. The molecular weight excluding hydrogens is 144 g/mol. The second-order valence-corrected chi connectivity index (χ2v) is 3.81. The Labute approximate surface area is 74.7 Å². The highest BCUT2D eigenvalue weighted by Gasteiger charge is 2.10. The van der Waals surface area contributed by atoms with Crippen LogP contribution in [0.1, 0.15) is 39.0 Å². The van der Waals surface area contributed by atoms with Crippen LogP contribution in [0.15, 0.2) is 34.9 Å². The number of hydrogen-bond donors (Lipinski definition) is 0. The van der Waals surface area contributed by atoms with Gasteiger partial charge in [-0.25, -0.2) is 0 Å². The maximum absolute atomic E-state index is 2.42. The molecule has 12 heavy (non-hydrogen) atoms. The highest BCUT2D eigenvalue weighted by molar-refractivity contribution is 5.44. The van der Waals surface area contributed by atoms with Gasteiger partial charge in [-0.2, -0.15) is 0 Å². The van der Waals surface area contributed by atoms with Crippen molar-refractivity contribution in [2.45, 2.75) is 39.0 Å². The Morgan fingerprint density at radius 1 is 1.08 bits per heavy atom. The molecule has 2 aliphatic rings. The van der Waals surface area contributed by atoms with E-state index in [-0.39, 0.29) is 0 Å². The third kappa shape index (κ3) is 1.52. The molecule has 2 rings (SSSR count). The van der Waals surface area contributed by atoms with E-state index in [9.17, 15) is 0 Å². The normalized spacial score (nSPS) is 23.2. The van der Waals surface area contributed by atoms with Gasteiger partial charge in [-0.3, -0.25) is 0 Å². The second kappa shape index (κ2) is 3.30. The number of allylic oxidation sites excluding steroid dienone is 6. The van der Waals surface area contributed by atoms with Crippen LogP contribution >= 0.6 is 0 Å².